The van der Waals surface area contributed by atoms with E-state index in [1.165, 1.54) is 0 Å². The van der Waals surface area contributed by atoms with Gasteiger partial charge in [-0.2, -0.15) is 0 Å². The number of anilines is 1. The molecule has 0 aliphatic carbocycles. The van der Waals surface area contributed by atoms with Crippen molar-refractivity contribution in [2.24, 2.45) is 0 Å². The van der Waals surface area contributed by atoms with Crippen molar-refractivity contribution in [1.29, 1.82) is 0 Å². The van der Waals surface area contributed by atoms with E-state index in [4.69, 9.17) is 9.47 Å². The van der Waals surface area contributed by atoms with Gasteiger partial charge in [-0.1, -0.05) is 6.07 Å². The molecule has 2 aliphatic heterocycles. The second-order valence-electron chi connectivity index (χ2n) is 7.27. The SMILES string of the molecule is CC(C)(C)OC(=O)N1CCCC1.COc1ccc2c(c1)NCC(=O)C2. The van der Waals surface area contributed by atoms with Gasteiger partial charge in [0.15, 0.2) is 5.78 Å². The van der Waals surface area contributed by atoms with Crippen LogP contribution in [0.25, 0.3) is 0 Å². The summed E-state index contributed by atoms with van der Waals surface area (Å²) in [6, 6.07) is 5.72. The number of Topliss-reactive ketones (excluding diaryl/α,β-unsaturated/α-hetero) is 1. The molecule has 0 saturated carbocycles. The summed E-state index contributed by atoms with van der Waals surface area (Å²) in [6.45, 7) is 7.81. The number of ether oxygens (including phenoxy) is 2. The molecule has 1 aromatic rings. The van der Waals surface area contributed by atoms with Gasteiger partial charge in [-0.25, -0.2) is 4.79 Å². The number of carbonyl (C=O) groups excluding carboxylic acids is 2. The Bertz CT molecular complexity index is 616. The Morgan fingerprint density at radius 3 is 2.48 bits per heavy atom. The lowest BCUT2D eigenvalue weighted by Crippen LogP contribution is -2.34. The van der Waals surface area contributed by atoms with Crippen molar-refractivity contribution in [1.82, 2.24) is 4.90 Å². The molecular weight excluding hydrogens is 320 g/mol. The van der Waals surface area contributed by atoms with Crippen LogP contribution >= 0.6 is 0 Å². The first-order chi connectivity index (χ1) is 11.8. The molecule has 0 bridgehead atoms. The summed E-state index contributed by atoms with van der Waals surface area (Å²) in [5.41, 5.74) is 1.70. The zero-order valence-electron chi connectivity index (χ0n) is 15.6. The third-order valence-corrected chi connectivity index (χ3v) is 3.94. The zero-order valence-corrected chi connectivity index (χ0v) is 15.6. The lowest BCUT2D eigenvalue weighted by atomic mass is 10.0. The number of likely N-dealkylation sites (tertiary alicyclic amines) is 1. The van der Waals surface area contributed by atoms with Gasteiger partial charge in [0.25, 0.3) is 0 Å². The zero-order chi connectivity index (χ0) is 18.4. The van der Waals surface area contributed by atoms with Gasteiger partial charge in [0.1, 0.15) is 11.4 Å². The number of hydrogen-bond donors (Lipinski definition) is 1. The molecule has 2 heterocycles. The van der Waals surface area contributed by atoms with Gasteiger partial charge in [0, 0.05) is 31.3 Å². The standard InChI is InChI=1S/C10H11NO2.C9H17NO2/c1-13-9-3-2-7-4-8(12)6-11-10(7)5-9;1-9(2,3)12-8(11)10-6-4-5-7-10/h2-3,5,11H,4,6H2,1H3;4-7H2,1-3H3. The van der Waals surface area contributed by atoms with Crippen LogP contribution in [0.4, 0.5) is 10.5 Å². The summed E-state index contributed by atoms with van der Waals surface area (Å²) in [5.74, 6) is 1.05. The van der Waals surface area contributed by atoms with Crippen molar-refractivity contribution in [3.8, 4) is 5.75 Å². The van der Waals surface area contributed by atoms with E-state index in [0.717, 1.165) is 42.9 Å². The van der Waals surface area contributed by atoms with E-state index < -0.39 is 0 Å². The summed E-state index contributed by atoms with van der Waals surface area (Å²) in [7, 11) is 1.63. The van der Waals surface area contributed by atoms with Gasteiger partial charge in [-0.3, -0.25) is 4.79 Å². The average Bonchev–Trinajstić information content (AvgIpc) is 3.08. The Hall–Kier alpha value is -2.24. The van der Waals surface area contributed by atoms with E-state index in [0.29, 0.717) is 13.0 Å². The highest BCUT2D eigenvalue weighted by molar-refractivity contribution is 5.89. The first-order valence-corrected chi connectivity index (χ1v) is 8.69. The molecule has 25 heavy (non-hydrogen) atoms. The molecule has 1 fully saturated rings. The molecule has 0 aromatic heterocycles. The van der Waals surface area contributed by atoms with E-state index in [1.54, 1.807) is 12.0 Å². The molecule has 0 atom stereocenters. The molecule has 6 heteroatoms. The Morgan fingerprint density at radius 2 is 1.88 bits per heavy atom. The third kappa shape index (κ3) is 5.96. The molecule has 138 valence electrons. The maximum absolute atomic E-state index is 11.4. The Labute approximate surface area is 149 Å². The molecule has 1 N–H and O–H groups in total. The van der Waals surface area contributed by atoms with Crippen LogP contribution in [-0.4, -0.2) is 49.1 Å². The number of amides is 1. The van der Waals surface area contributed by atoms with Crippen molar-refractivity contribution in [3.05, 3.63) is 23.8 Å². The van der Waals surface area contributed by atoms with Crippen LogP contribution in [-0.2, 0) is 16.0 Å². The highest BCUT2D eigenvalue weighted by Gasteiger charge is 2.23. The number of hydrogen-bond acceptors (Lipinski definition) is 5. The van der Waals surface area contributed by atoms with Crippen molar-refractivity contribution < 1.29 is 19.1 Å². The summed E-state index contributed by atoms with van der Waals surface area (Å²) in [6.07, 6.45) is 2.59. The fourth-order valence-electron chi connectivity index (χ4n) is 2.70. The molecule has 0 radical (unpaired) electrons. The van der Waals surface area contributed by atoms with E-state index in [-0.39, 0.29) is 17.5 Å². The summed E-state index contributed by atoms with van der Waals surface area (Å²) in [5, 5.41) is 3.06. The number of fused-ring (bicyclic) bond motifs is 1. The Morgan fingerprint density at radius 1 is 1.20 bits per heavy atom. The van der Waals surface area contributed by atoms with Crippen molar-refractivity contribution >= 4 is 17.6 Å². The van der Waals surface area contributed by atoms with Gasteiger partial charge in [0.2, 0.25) is 0 Å². The van der Waals surface area contributed by atoms with E-state index in [9.17, 15) is 9.59 Å². The van der Waals surface area contributed by atoms with Gasteiger partial charge in [-0.05, 0) is 45.2 Å². The fourth-order valence-corrected chi connectivity index (χ4v) is 2.70. The predicted molar refractivity (Wildman–Crippen MR) is 97.2 cm³/mol. The predicted octanol–water partition coefficient (Wildman–Crippen LogP) is 3.25. The van der Waals surface area contributed by atoms with Gasteiger partial charge in [0.05, 0.1) is 13.7 Å². The second-order valence-corrected chi connectivity index (χ2v) is 7.27. The van der Waals surface area contributed by atoms with E-state index in [1.807, 2.05) is 39.0 Å². The number of benzene rings is 1. The van der Waals surface area contributed by atoms with Crippen LogP contribution in [0.2, 0.25) is 0 Å². The number of methoxy groups -OCH3 is 1. The summed E-state index contributed by atoms with van der Waals surface area (Å²) < 4.78 is 10.3. The lowest BCUT2D eigenvalue weighted by molar-refractivity contribution is -0.117. The monoisotopic (exact) mass is 348 g/mol. The van der Waals surface area contributed by atoms with Gasteiger partial charge >= 0.3 is 6.09 Å². The highest BCUT2D eigenvalue weighted by atomic mass is 16.6. The molecule has 6 nitrogen and oxygen atoms in total. The first kappa shape index (κ1) is 19.1. The molecule has 0 unspecified atom stereocenters. The number of nitrogens with one attached hydrogen (secondary N) is 1. The van der Waals surface area contributed by atoms with Gasteiger partial charge in [-0.15, -0.1) is 0 Å². The smallest absolute Gasteiger partial charge is 0.410 e. The molecule has 1 aromatic carbocycles. The first-order valence-electron chi connectivity index (χ1n) is 8.69. The number of nitrogens with zero attached hydrogens (tertiary/aromatic N) is 1. The minimum Gasteiger partial charge on any atom is -0.497 e. The number of ketones is 1. The minimum atomic E-state index is -0.361. The largest absolute Gasteiger partial charge is 0.497 e. The summed E-state index contributed by atoms with van der Waals surface area (Å²) in [4.78, 5) is 24.2. The van der Waals surface area contributed by atoms with Crippen LogP contribution in [0.5, 0.6) is 5.75 Å². The van der Waals surface area contributed by atoms with E-state index >= 15 is 0 Å². The minimum absolute atomic E-state index is 0.167. The maximum atomic E-state index is 11.4. The lowest BCUT2D eigenvalue weighted by Gasteiger charge is -2.23. The normalized spacial score (nSPS) is 16.3. The molecule has 3 rings (SSSR count). The highest BCUT2D eigenvalue weighted by Crippen LogP contribution is 2.25. The Kier molecular flexibility index (Phi) is 6.28. The third-order valence-electron chi connectivity index (χ3n) is 3.94. The molecular formula is C19H28N2O4. The second kappa shape index (κ2) is 8.23. The quantitative estimate of drug-likeness (QED) is 0.844. The molecule has 2 aliphatic rings. The Balaban J connectivity index is 0.000000181. The van der Waals surface area contributed by atoms with E-state index in [2.05, 4.69) is 5.32 Å². The number of carbonyl (C=O) groups is 2. The average molecular weight is 348 g/mol. The van der Waals surface area contributed by atoms with Crippen LogP contribution in [0.15, 0.2) is 18.2 Å². The van der Waals surface area contributed by atoms with Crippen molar-refractivity contribution in [3.63, 3.8) is 0 Å². The summed E-state index contributed by atoms with van der Waals surface area (Å²) >= 11 is 0. The fraction of sp³-hybridized carbons (Fsp3) is 0.579. The van der Waals surface area contributed by atoms with Crippen LogP contribution in [0.3, 0.4) is 0 Å². The molecule has 1 saturated heterocycles. The van der Waals surface area contributed by atoms with Crippen LogP contribution in [0.1, 0.15) is 39.2 Å². The maximum Gasteiger partial charge on any atom is 0.410 e. The molecule has 0 spiro atoms. The van der Waals surface area contributed by atoms with Crippen molar-refractivity contribution in [2.45, 2.75) is 45.6 Å². The van der Waals surface area contributed by atoms with Gasteiger partial charge < -0.3 is 19.7 Å². The topological polar surface area (TPSA) is 67.9 Å². The number of rotatable bonds is 1. The van der Waals surface area contributed by atoms with Crippen LogP contribution in [0, 0.1) is 0 Å². The van der Waals surface area contributed by atoms with Crippen molar-refractivity contribution in [2.75, 3.05) is 32.1 Å². The van der Waals surface area contributed by atoms with Crippen LogP contribution < -0.4 is 10.1 Å². The molecule has 1 amide bonds.